The molecule has 0 aliphatic heterocycles. The van der Waals surface area contributed by atoms with Crippen molar-refractivity contribution in [3.05, 3.63) is 29.8 Å². The molecular formula is C12H18O3S. The van der Waals surface area contributed by atoms with Gasteiger partial charge in [-0.25, -0.2) is 0 Å². The molecule has 0 radical (unpaired) electrons. The molecule has 0 N–H and O–H groups in total. The van der Waals surface area contributed by atoms with Crippen LogP contribution < -0.4 is 0 Å². The van der Waals surface area contributed by atoms with Gasteiger partial charge in [-0.1, -0.05) is 32.9 Å². The zero-order valence-corrected chi connectivity index (χ0v) is 11.0. The second kappa shape index (κ2) is 4.55. The fourth-order valence-electron chi connectivity index (χ4n) is 1.34. The smallest absolute Gasteiger partial charge is 0.267 e. The molecule has 1 aromatic rings. The Morgan fingerprint density at radius 2 is 1.88 bits per heavy atom. The van der Waals surface area contributed by atoms with Gasteiger partial charge in [0.1, 0.15) is 0 Å². The number of hydrogen-bond acceptors (Lipinski definition) is 3. The topological polar surface area (TPSA) is 43.4 Å². The Hall–Kier alpha value is -0.870. The van der Waals surface area contributed by atoms with Crippen LogP contribution in [0.2, 0.25) is 0 Å². The van der Waals surface area contributed by atoms with Gasteiger partial charge in [-0.2, -0.15) is 8.42 Å². The molecule has 0 aromatic heterocycles. The lowest BCUT2D eigenvalue weighted by Crippen LogP contribution is -2.13. The highest BCUT2D eigenvalue weighted by atomic mass is 32.2. The molecule has 0 fully saturated rings. The van der Waals surface area contributed by atoms with E-state index >= 15 is 0 Å². The number of benzene rings is 1. The number of rotatable bonds is 3. The average Bonchev–Trinajstić information content (AvgIpc) is 2.16. The van der Waals surface area contributed by atoms with Crippen LogP contribution in [0.4, 0.5) is 0 Å². The van der Waals surface area contributed by atoms with E-state index in [1.165, 1.54) is 0 Å². The van der Waals surface area contributed by atoms with E-state index in [2.05, 4.69) is 0 Å². The van der Waals surface area contributed by atoms with Crippen LogP contribution in [0, 0.1) is 0 Å². The summed E-state index contributed by atoms with van der Waals surface area (Å²) in [5.41, 5.74) is 0.908. The molecule has 16 heavy (non-hydrogen) atoms. The molecule has 0 unspecified atom stereocenters. The molecule has 1 rings (SSSR count). The van der Waals surface area contributed by atoms with Crippen LogP contribution in [0.5, 0.6) is 0 Å². The van der Waals surface area contributed by atoms with Gasteiger partial charge in [-0.3, -0.25) is 4.18 Å². The minimum atomic E-state index is -3.59. The van der Waals surface area contributed by atoms with Crippen molar-refractivity contribution < 1.29 is 12.6 Å². The largest absolute Gasteiger partial charge is 0.296 e. The highest BCUT2D eigenvalue weighted by Gasteiger charge is 2.19. The van der Waals surface area contributed by atoms with Gasteiger partial charge in [0.15, 0.2) is 0 Å². The average molecular weight is 242 g/mol. The van der Waals surface area contributed by atoms with Gasteiger partial charge in [-0.15, -0.1) is 0 Å². The van der Waals surface area contributed by atoms with Crippen molar-refractivity contribution >= 4 is 10.1 Å². The zero-order chi connectivity index (χ0) is 12.4. The van der Waals surface area contributed by atoms with Crippen LogP contribution in [-0.2, 0) is 19.7 Å². The molecule has 0 bridgehead atoms. The van der Waals surface area contributed by atoms with Crippen LogP contribution in [0.15, 0.2) is 29.2 Å². The molecule has 0 atom stereocenters. The van der Waals surface area contributed by atoms with Gasteiger partial charge in [-0.05, 0) is 30.0 Å². The summed E-state index contributed by atoms with van der Waals surface area (Å²) in [6, 6.07) is 6.89. The van der Waals surface area contributed by atoms with Gasteiger partial charge >= 0.3 is 0 Å². The van der Waals surface area contributed by atoms with Crippen molar-refractivity contribution in [2.24, 2.45) is 0 Å². The van der Waals surface area contributed by atoms with Gasteiger partial charge in [0.2, 0.25) is 0 Å². The van der Waals surface area contributed by atoms with Gasteiger partial charge in [0.25, 0.3) is 10.1 Å². The molecule has 1 aromatic carbocycles. The van der Waals surface area contributed by atoms with Crippen molar-refractivity contribution in [2.75, 3.05) is 6.61 Å². The molecule has 0 saturated heterocycles. The summed E-state index contributed by atoms with van der Waals surface area (Å²) in [5, 5.41) is 0. The Bertz CT molecular complexity index is 455. The SMILES string of the molecule is CCOS(=O)(=O)c1cccc(C(C)(C)C)c1. The van der Waals surface area contributed by atoms with Crippen LogP contribution in [-0.4, -0.2) is 15.0 Å². The summed E-state index contributed by atoms with van der Waals surface area (Å²) >= 11 is 0. The van der Waals surface area contributed by atoms with E-state index in [9.17, 15) is 8.42 Å². The predicted octanol–water partition coefficient (Wildman–Crippen LogP) is 2.71. The molecule has 0 amide bonds. The first-order valence-electron chi connectivity index (χ1n) is 5.27. The first-order valence-corrected chi connectivity index (χ1v) is 6.68. The molecule has 4 heteroatoms. The van der Waals surface area contributed by atoms with Crippen molar-refractivity contribution in [3.63, 3.8) is 0 Å². The van der Waals surface area contributed by atoms with Gasteiger partial charge in [0, 0.05) is 0 Å². The van der Waals surface area contributed by atoms with Crippen LogP contribution >= 0.6 is 0 Å². The normalized spacial score (nSPS) is 12.8. The Balaban J connectivity index is 3.19. The highest BCUT2D eigenvalue weighted by Crippen LogP contribution is 2.24. The minimum Gasteiger partial charge on any atom is -0.267 e. The first kappa shape index (κ1) is 13.2. The maximum absolute atomic E-state index is 11.7. The summed E-state index contributed by atoms with van der Waals surface area (Å²) in [5.74, 6) is 0. The van der Waals surface area contributed by atoms with E-state index in [-0.39, 0.29) is 16.9 Å². The van der Waals surface area contributed by atoms with E-state index in [1.807, 2.05) is 26.8 Å². The van der Waals surface area contributed by atoms with Crippen molar-refractivity contribution in [1.82, 2.24) is 0 Å². The maximum atomic E-state index is 11.7. The summed E-state index contributed by atoms with van der Waals surface area (Å²) in [4.78, 5) is 0.224. The highest BCUT2D eigenvalue weighted by molar-refractivity contribution is 7.86. The molecule has 0 spiro atoms. The fraction of sp³-hybridized carbons (Fsp3) is 0.500. The molecular weight excluding hydrogens is 224 g/mol. The van der Waals surface area contributed by atoms with Gasteiger partial charge < -0.3 is 0 Å². The Morgan fingerprint density at radius 1 is 1.25 bits per heavy atom. The second-order valence-corrected chi connectivity index (χ2v) is 6.25. The van der Waals surface area contributed by atoms with E-state index in [0.717, 1.165) is 5.56 Å². The first-order chi connectivity index (χ1) is 7.27. The van der Waals surface area contributed by atoms with Crippen LogP contribution in [0.1, 0.15) is 33.3 Å². The predicted molar refractivity (Wildman–Crippen MR) is 64.0 cm³/mol. The van der Waals surface area contributed by atoms with Crippen molar-refractivity contribution in [3.8, 4) is 0 Å². The van der Waals surface area contributed by atoms with E-state index in [1.54, 1.807) is 25.1 Å². The summed E-state index contributed by atoms with van der Waals surface area (Å²) in [6.45, 7) is 7.94. The third-order valence-electron chi connectivity index (χ3n) is 2.26. The lowest BCUT2D eigenvalue weighted by Gasteiger charge is -2.19. The fourth-order valence-corrected chi connectivity index (χ4v) is 2.30. The third kappa shape index (κ3) is 3.06. The molecule has 0 aliphatic carbocycles. The Morgan fingerprint density at radius 3 is 2.38 bits per heavy atom. The quantitative estimate of drug-likeness (QED) is 0.765. The third-order valence-corrected chi connectivity index (χ3v) is 3.64. The number of hydrogen-bond donors (Lipinski definition) is 0. The summed E-state index contributed by atoms with van der Waals surface area (Å²) in [7, 11) is -3.59. The van der Waals surface area contributed by atoms with E-state index < -0.39 is 10.1 Å². The Kier molecular flexibility index (Phi) is 3.76. The lowest BCUT2D eigenvalue weighted by molar-refractivity contribution is 0.338. The van der Waals surface area contributed by atoms with Crippen LogP contribution in [0.3, 0.4) is 0 Å². The molecule has 90 valence electrons. The zero-order valence-electron chi connectivity index (χ0n) is 10.1. The minimum absolute atomic E-state index is 0.0717. The van der Waals surface area contributed by atoms with Crippen molar-refractivity contribution in [1.29, 1.82) is 0 Å². The summed E-state index contributed by atoms with van der Waals surface area (Å²) in [6.07, 6.45) is 0. The molecule has 0 heterocycles. The molecule has 0 aliphatic rings. The van der Waals surface area contributed by atoms with E-state index in [4.69, 9.17) is 4.18 Å². The van der Waals surface area contributed by atoms with Crippen molar-refractivity contribution in [2.45, 2.75) is 38.0 Å². The van der Waals surface area contributed by atoms with Gasteiger partial charge in [0.05, 0.1) is 11.5 Å². The van der Waals surface area contributed by atoms with Crippen LogP contribution in [0.25, 0.3) is 0 Å². The summed E-state index contributed by atoms with van der Waals surface area (Å²) < 4.78 is 28.1. The lowest BCUT2D eigenvalue weighted by atomic mass is 9.87. The molecule has 3 nitrogen and oxygen atoms in total. The van der Waals surface area contributed by atoms with E-state index in [0.29, 0.717) is 0 Å². The Labute approximate surface area is 97.6 Å². The standard InChI is InChI=1S/C12H18O3S/c1-5-15-16(13,14)11-8-6-7-10(9-11)12(2,3)4/h6-9H,5H2,1-4H3. The monoisotopic (exact) mass is 242 g/mol. The second-order valence-electron chi connectivity index (χ2n) is 4.64. The maximum Gasteiger partial charge on any atom is 0.296 e. The molecule has 0 saturated carbocycles.